The van der Waals surface area contributed by atoms with Crippen molar-refractivity contribution in [3.8, 4) is 16.9 Å². The van der Waals surface area contributed by atoms with Crippen LogP contribution in [-0.2, 0) is 6.42 Å². The van der Waals surface area contributed by atoms with Crippen LogP contribution in [0.15, 0.2) is 72.8 Å². The molecule has 162 valence electrons. The molecule has 0 saturated carbocycles. The van der Waals surface area contributed by atoms with Gasteiger partial charge in [-0.15, -0.1) is 0 Å². The Balaban J connectivity index is 1.56. The van der Waals surface area contributed by atoms with E-state index in [1.165, 1.54) is 6.07 Å². The van der Waals surface area contributed by atoms with Gasteiger partial charge in [-0.3, -0.25) is 0 Å². The van der Waals surface area contributed by atoms with Gasteiger partial charge in [0.1, 0.15) is 24.6 Å². The molecular weight excluding hydrogens is 397 g/mol. The minimum Gasteiger partial charge on any atom is -0.490 e. The highest BCUT2D eigenvalue weighted by Gasteiger charge is 2.13. The minimum absolute atomic E-state index is 0.0117. The Labute approximate surface area is 181 Å². The third kappa shape index (κ3) is 6.38. The lowest BCUT2D eigenvalue weighted by Crippen LogP contribution is -2.23. The first-order valence-corrected chi connectivity index (χ1v) is 10.2. The van der Waals surface area contributed by atoms with E-state index in [4.69, 9.17) is 4.74 Å². The number of aliphatic hydroxyl groups excluding tert-OH is 1. The van der Waals surface area contributed by atoms with Crippen molar-refractivity contribution < 1.29 is 24.1 Å². The van der Waals surface area contributed by atoms with E-state index < -0.39 is 18.7 Å². The fourth-order valence-electron chi connectivity index (χ4n) is 3.27. The van der Waals surface area contributed by atoms with E-state index in [1.807, 2.05) is 54.6 Å². The number of alkyl halides is 1. The van der Waals surface area contributed by atoms with Crippen LogP contribution in [-0.4, -0.2) is 42.6 Å². The zero-order valence-electron chi connectivity index (χ0n) is 17.1. The molecule has 0 fully saturated rings. The fraction of sp³-hybridized carbons (Fsp3) is 0.240. The molecule has 0 aliphatic heterocycles. The van der Waals surface area contributed by atoms with Crippen molar-refractivity contribution in [2.45, 2.75) is 12.5 Å². The van der Waals surface area contributed by atoms with Crippen molar-refractivity contribution in [1.82, 2.24) is 5.32 Å². The lowest BCUT2D eigenvalue weighted by molar-refractivity contribution is 0.0691. The van der Waals surface area contributed by atoms with Crippen molar-refractivity contribution in [2.24, 2.45) is 0 Å². The average Bonchev–Trinajstić information content (AvgIpc) is 2.81. The Kier molecular flexibility index (Phi) is 8.15. The summed E-state index contributed by atoms with van der Waals surface area (Å²) in [4.78, 5) is 11.3. The van der Waals surface area contributed by atoms with E-state index in [-0.39, 0.29) is 17.9 Å². The number of carbonyl (C=O) groups is 1. The first kappa shape index (κ1) is 22.5. The monoisotopic (exact) mass is 423 g/mol. The predicted octanol–water partition coefficient (Wildman–Crippen LogP) is 4.27. The SMILES string of the molecule is O=C(O)c1ccc(-c2ccc(CCNC[C@H](O)c3ccccc3)cc2)cc1OCCF. The Morgan fingerprint density at radius 3 is 2.39 bits per heavy atom. The van der Waals surface area contributed by atoms with Gasteiger partial charge in [0.15, 0.2) is 0 Å². The molecule has 0 unspecified atom stereocenters. The van der Waals surface area contributed by atoms with Crippen LogP contribution in [0.25, 0.3) is 11.1 Å². The molecule has 0 saturated heterocycles. The van der Waals surface area contributed by atoms with E-state index >= 15 is 0 Å². The maximum absolute atomic E-state index is 12.4. The molecule has 0 spiro atoms. The summed E-state index contributed by atoms with van der Waals surface area (Å²) in [6.45, 7) is 0.348. The summed E-state index contributed by atoms with van der Waals surface area (Å²) >= 11 is 0. The normalized spacial score (nSPS) is 11.8. The van der Waals surface area contributed by atoms with Gasteiger partial charge in [-0.05, 0) is 47.4 Å². The third-order valence-electron chi connectivity index (χ3n) is 4.95. The molecule has 0 aliphatic carbocycles. The molecule has 0 bridgehead atoms. The maximum Gasteiger partial charge on any atom is 0.339 e. The maximum atomic E-state index is 12.4. The topological polar surface area (TPSA) is 78.8 Å². The largest absolute Gasteiger partial charge is 0.490 e. The lowest BCUT2D eigenvalue weighted by atomic mass is 10.0. The molecule has 3 N–H and O–H groups in total. The van der Waals surface area contributed by atoms with E-state index in [0.29, 0.717) is 6.54 Å². The quantitative estimate of drug-likeness (QED) is 0.402. The summed E-state index contributed by atoms with van der Waals surface area (Å²) in [6.07, 6.45) is 0.274. The molecule has 6 heteroatoms. The zero-order chi connectivity index (χ0) is 22.1. The number of benzene rings is 3. The van der Waals surface area contributed by atoms with Gasteiger partial charge in [0.25, 0.3) is 0 Å². The number of nitrogens with one attached hydrogen (secondary N) is 1. The molecule has 31 heavy (non-hydrogen) atoms. The number of rotatable bonds is 11. The molecule has 5 nitrogen and oxygen atoms in total. The van der Waals surface area contributed by atoms with Crippen LogP contribution < -0.4 is 10.1 Å². The number of ether oxygens (including phenoxy) is 1. The zero-order valence-corrected chi connectivity index (χ0v) is 17.1. The van der Waals surface area contributed by atoms with Crippen LogP contribution in [0.3, 0.4) is 0 Å². The number of halogens is 1. The van der Waals surface area contributed by atoms with E-state index in [1.54, 1.807) is 12.1 Å². The molecule has 3 aromatic rings. The van der Waals surface area contributed by atoms with Crippen LogP contribution in [0, 0.1) is 0 Å². The Morgan fingerprint density at radius 1 is 1.00 bits per heavy atom. The van der Waals surface area contributed by atoms with Crippen molar-refractivity contribution >= 4 is 5.97 Å². The molecular formula is C25H26FNO4. The van der Waals surface area contributed by atoms with Crippen molar-refractivity contribution in [3.63, 3.8) is 0 Å². The number of carboxylic acid groups (broad SMARTS) is 1. The number of aromatic carboxylic acids is 1. The van der Waals surface area contributed by atoms with Crippen LogP contribution in [0.1, 0.15) is 27.6 Å². The first-order chi connectivity index (χ1) is 15.1. The number of carboxylic acids is 1. The second-order valence-corrected chi connectivity index (χ2v) is 7.13. The van der Waals surface area contributed by atoms with E-state index in [2.05, 4.69) is 5.32 Å². The van der Waals surface area contributed by atoms with Gasteiger partial charge in [-0.1, -0.05) is 60.7 Å². The fourth-order valence-corrected chi connectivity index (χ4v) is 3.27. The van der Waals surface area contributed by atoms with E-state index in [9.17, 15) is 19.4 Å². The highest BCUT2D eigenvalue weighted by atomic mass is 19.1. The Hall–Kier alpha value is -3.22. The van der Waals surface area contributed by atoms with Crippen LogP contribution in [0.2, 0.25) is 0 Å². The molecule has 0 aliphatic rings. The summed E-state index contributed by atoms with van der Waals surface area (Å²) in [5.41, 5.74) is 3.76. The minimum atomic E-state index is -1.11. The van der Waals surface area contributed by atoms with Crippen molar-refractivity contribution in [2.75, 3.05) is 26.4 Å². The van der Waals surface area contributed by atoms with Crippen molar-refractivity contribution in [3.05, 3.63) is 89.5 Å². The second-order valence-electron chi connectivity index (χ2n) is 7.13. The smallest absolute Gasteiger partial charge is 0.339 e. The summed E-state index contributed by atoms with van der Waals surface area (Å²) in [5.74, 6) is -0.950. The summed E-state index contributed by atoms with van der Waals surface area (Å²) < 4.78 is 17.7. The Bertz CT molecular complexity index is 977. The van der Waals surface area contributed by atoms with Gasteiger partial charge in [0.05, 0.1) is 6.10 Å². The molecule has 0 amide bonds. The summed E-state index contributed by atoms with van der Waals surface area (Å²) in [7, 11) is 0. The number of hydrogen-bond donors (Lipinski definition) is 3. The summed E-state index contributed by atoms with van der Waals surface area (Å²) in [5, 5.41) is 22.7. The van der Waals surface area contributed by atoms with Gasteiger partial charge in [-0.25, -0.2) is 9.18 Å². The lowest BCUT2D eigenvalue weighted by Gasteiger charge is -2.12. The average molecular weight is 423 g/mol. The third-order valence-corrected chi connectivity index (χ3v) is 4.95. The van der Waals surface area contributed by atoms with Gasteiger partial charge in [0, 0.05) is 6.54 Å². The predicted molar refractivity (Wildman–Crippen MR) is 118 cm³/mol. The van der Waals surface area contributed by atoms with Gasteiger partial charge in [-0.2, -0.15) is 0 Å². The Morgan fingerprint density at radius 2 is 1.71 bits per heavy atom. The molecule has 0 radical (unpaired) electrons. The van der Waals surface area contributed by atoms with Gasteiger partial charge >= 0.3 is 5.97 Å². The van der Waals surface area contributed by atoms with E-state index in [0.717, 1.165) is 35.2 Å². The standard InChI is InChI=1S/C25H26FNO4/c26-13-15-31-24-16-21(10-11-22(24)25(29)30)19-8-6-18(7-9-19)12-14-27-17-23(28)20-4-2-1-3-5-20/h1-11,16,23,27-28H,12-15,17H2,(H,29,30)/t23-/m0/s1. The molecule has 3 rings (SSSR count). The van der Waals surface area contributed by atoms with Crippen LogP contribution in [0.5, 0.6) is 5.75 Å². The van der Waals surface area contributed by atoms with Crippen LogP contribution in [0.4, 0.5) is 4.39 Å². The van der Waals surface area contributed by atoms with Crippen molar-refractivity contribution in [1.29, 1.82) is 0 Å². The molecule has 1 atom stereocenters. The van der Waals surface area contributed by atoms with Gasteiger partial charge in [0.2, 0.25) is 0 Å². The molecule has 0 aromatic heterocycles. The summed E-state index contributed by atoms with van der Waals surface area (Å²) in [6, 6.07) is 22.3. The highest BCUT2D eigenvalue weighted by Crippen LogP contribution is 2.28. The van der Waals surface area contributed by atoms with Crippen LogP contribution >= 0.6 is 0 Å². The molecule has 0 heterocycles. The number of hydrogen-bond acceptors (Lipinski definition) is 4. The number of aliphatic hydroxyl groups is 1. The van der Waals surface area contributed by atoms with Gasteiger partial charge < -0.3 is 20.3 Å². The molecule has 3 aromatic carbocycles. The highest BCUT2D eigenvalue weighted by molar-refractivity contribution is 5.92. The second kappa shape index (κ2) is 11.2. The first-order valence-electron chi connectivity index (χ1n) is 10.2.